The largest absolute Gasteiger partial charge is 0.497 e. The number of carboxylic acids is 1. The van der Waals surface area contributed by atoms with Gasteiger partial charge in [-0.25, -0.2) is 9.78 Å². The molecule has 0 saturated carbocycles. The van der Waals surface area contributed by atoms with Crippen LogP contribution in [0.1, 0.15) is 15.9 Å². The molecular formula is C14H13NO3S. The number of methoxy groups -OCH3 is 1. The van der Waals surface area contributed by atoms with Crippen molar-refractivity contribution < 1.29 is 14.6 Å². The Kier molecular flexibility index (Phi) is 4.41. The van der Waals surface area contributed by atoms with Crippen molar-refractivity contribution in [3.8, 4) is 5.75 Å². The summed E-state index contributed by atoms with van der Waals surface area (Å²) in [6.45, 7) is 0. The molecular weight excluding hydrogens is 262 g/mol. The highest BCUT2D eigenvalue weighted by Crippen LogP contribution is 2.23. The molecule has 1 aromatic heterocycles. The fraction of sp³-hybridized carbons (Fsp3) is 0.143. The third-order valence-corrected chi connectivity index (χ3v) is 3.50. The first-order chi connectivity index (χ1) is 9.19. The molecule has 2 aromatic rings. The SMILES string of the molecule is COc1cccc(CSc2cc(C(=O)O)ccn2)c1. The van der Waals surface area contributed by atoms with Gasteiger partial charge in [0.1, 0.15) is 5.75 Å². The van der Waals surface area contributed by atoms with Crippen LogP contribution in [0.4, 0.5) is 0 Å². The van der Waals surface area contributed by atoms with Crippen LogP contribution in [-0.2, 0) is 5.75 Å². The molecule has 0 unspecified atom stereocenters. The minimum atomic E-state index is -0.939. The molecule has 0 aliphatic carbocycles. The minimum absolute atomic E-state index is 0.253. The van der Waals surface area contributed by atoms with E-state index >= 15 is 0 Å². The molecule has 0 bridgehead atoms. The summed E-state index contributed by atoms with van der Waals surface area (Å²) in [6.07, 6.45) is 1.51. The second kappa shape index (κ2) is 6.24. The molecule has 0 fully saturated rings. The Hall–Kier alpha value is -2.01. The summed E-state index contributed by atoms with van der Waals surface area (Å²) in [7, 11) is 1.63. The highest BCUT2D eigenvalue weighted by molar-refractivity contribution is 7.98. The summed E-state index contributed by atoms with van der Waals surface area (Å²) in [5.74, 6) is 0.587. The lowest BCUT2D eigenvalue weighted by Gasteiger charge is -2.04. The highest BCUT2D eigenvalue weighted by Gasteiger charge is 2.05. The molecule has 0 amide bonds. The molecule has 0 radical (unpaired) electrons. The zero-order valence-corrected chi connectivity index (χ0v) is 11.2. The first kappa shape index (κ1) is 13.4. The van der Waals surface area contributed by atoms with Gasteiger partial charge >= 0.3 is 5.97 Å². The molecule has 0 spiro atoms. The Morgan fingerprint density at radius 2 is 2.21 bits per heavy atom. The van der Waals surface area contributed by atoms with Gasteiger partial charge in [0.05, 0.1) is 17.7 Å². The van der Waals surface area contributed by atoms with E-state index in [2.05, 4.69) is 4.98 Å². The average Bonchev–Trinajstić information content (AvgIpc) is 2.45. The van der Waals surface area contributed by atoms with Gasteiger partial charge < -0.3 is 9.84 Å². The van der Waals surface area contributed by atoms with Crippen molar-refractivity contribution in [3.63, 3.8) is 0 Å². The molecule has 4 nitrogen and oxygen atoms in total. The average molecular weight is 275 g/mol. The number of thioether (sulfide) groups is 1. The van der Waals surface area contributed by atoms with Crippen LogP contribution in [0.5, 0.6) is 5.75 Å². The molecule has 19 heavy (non-hydrogen) atoms. The highest BCUT2D eigenvalue weighted by atomic mass is 32.2. The van der Waals surface area contributed by atoms with Crippen LogP contribution >= 0.6 is 11.8 Å². The summed E-state index contributed by atoms with van der Waals surface area (Å²) in [5.41, 5.74) is 1.36. The number of benzene rings is 1. The number of aromatic nitrogens is 1. The molecule has 1 N–H and O–H groups in total. The molecule has 98 valence electrons. The van der Waals surface area contributed by atoms with Crippen LogP contribution in [0.15, 0.2) is 47.6 Å². The zero-order chi connectivity index (χ0) is 13.7. The number of hydrogen-bond acceptors (Lipinski definition) is 4. The number of rotatable bonds is 5. The van der Waals surface area contributed by atoms with Gasteiger partial charge in [0, 0.05) is 11.9 Å². The zero-order valence-electron chi connectivity index (χ0n) is 10.4. The van der Waals surface area contributed by atoms with Crippen LogP contribution in [0.2, 0.25) is 0 Å². The van der Waals surface area contributed by atoms with E-state index in [4.69, 9.17) is 9.84 Å². The van der Waals surface area contributed by atoms with Crippen LogP contribution in [0.3, 0.4) is 0 Å². The number of nitrogens with zero attached hydrogens (tertiary/aromatic N) is 1. The van der Waals surface area contributed by atoms with E-state index < -0.39 is 5.97 Å². The fourth-order valence-corrected chi connectivity index (χ4v) is 2.38. The maximum atomic E-state index is 10.9. The van der Waals surface area contributed by atoms with Gasteiger partial charge in [-0.05, 0) is 29.8 Å². The fourth-order valence-electron chi connectivity index (χ4n) is 1.54. The molecule has 0 aliphatic heterocycles. The van der Waals surface area contributed by atoms with Crippen molar-refractivity contribution in [2.24, 2.45) is 0 Å². The Balaban J connectivity index is 2.05. The lowest BCUT2D eigenvalue weighted by Crippen LogP contribution is -1.96. The van der Waals surface area contributed by atoms with E-state index in [0.29, 0.717) is 10.8 Å². The predicted molar refractivity (Wildman–Crippen MR) is 73.8 cm³/mol. The normalized spacial score (nSPS) is 10.2. The molecule has 0 aliphatic rings. The third kappa shape index (κ3) is 3.72. The van der Waals surface area contributed by atoms with Gasteiger partial charge in [0.2, 0.25) is 0 Å². The van der Waals surface area contributed by atoms with Crippen LogP contribution in [-0.4, -0.2) is 23.2 Å². The molecule has 1 heterocycles. The number of pyridine rings is 1. The van der Waals surface area contributed by atoms with Gasteiger partial charge in [0.15, 0.2) is 0 Å². The van der Waals surface area contributed by atoms with Crippen molar-refractivity contribution >= 4 is 17.7 Å². The molecule has 2 rings (SSSR count). The van der Waals surface area contributed by atoms with Gasteiger partial charge in [-0.15, -0.1) is 11.8 Å². The predicted octanol–water partition coefficient (Wildman–Crippen LogP) is 3.08. The second-order valence-corrected chi connectivity index (χ2v) is 4.82. The Bertz CT molecular complexity index is 586. The van der Waals surface area contributed by atoms with E-state index in [1.807, 2.05) is 24.3 Å². The molecule has 0 saturated heterocycles. The number of ether oxygens (including phenoxy) is 1. The summed E-state index contributed by atoms with van der Waals surface area (Å²) in [6, 6.07) is 10.8. The quantitative estimate of drug-likeness (QED) is 0.850. The monoisotopic (exact) mass is 275 g/mol. The van der Waals surface area contributed by atoms with Crippen LogP contribution < -0.4 is 4.74 Å². The summed E-state index contributed by atoms with van der Waals surface area (Å²) in [4.78, 5) is 15.0. The van der Waals surface area contributed by atoms with E-state index in [1.54, 1.807) is 13.2 Å². The van der Waals surface area contributed by atoms with Crippen molar-refractivity contribution in [1.82, 2.24) is 4.98 Å². The number of hydrogen-bond donors (Lipinski definition) is 1. The Labute approximate surface area is 115 Å². The first-order valence-electron chi connectivity index (χ1n) is 5.64. The topological polar surface area (TPSA) is 59.4 Å². The van der Waals surface area contributed by atoms with Crippen molar-refractivity contribution in [1.29, 1.82) is 0 Å². The molecule has 1 aromatic carbocycles. The van der Waals surface area contributed by atoms with Crippen molar-refractivity contribution in [2.45, 2.75) is 10.8 Å². The number of carboxylic acid groups (broad SMARTS) is 1. The van der Waals surface area contributed by atoms with E-state index in [1.165, 1.54) is 24.0 Å². The van der Waals surface area contributed by atoms with Crippen molar-refractivity contribution in [3.05, 3.63) is 53.7 Å². The number of aromatic carboxylic acids is 1. The maximum absolute atomic E-state index is 10.9. The summed E-state index contributed by atoms with van der Waals surface area (Å²) >= 11 is 1.49. The third-order valence-electron chi connectivity index (χ3n) is 2.50. The lowest BCUT2D eigenvalue weighted by molar-refractivity contribution is 0.0696. The standard InChI is InChI=1S/C14H13NO3S/c1-18-12-4-2-3-10(7-12)9-19-13-8-11(14(16)17)5-6-15-13/h2-8H,9H2,1H3,(H,16,17). The van der Waals surface area contributed by atoms with Crippen LogP contribution in [0, 0.1) is 0 Å². The lowest BCUT2D eigenvalue weighted by atomic mass is 10.2. The molecule has 0 atom stereocenters. The second-order valence-electron chi connectivity index (χ2n) is 3.83. The minimum Gasteiger partial charge on any atom is -0.497 e. The Morgan fingerprint density at radius 1 is 1.37 bits per heavy atom. The van der Waals surface area contributed by atoms with E-state index in [-0.39, 0.29) is 5.56 Å². The van der Waals surface area contributed by atoms with Gasteiger partial charge in [-0.3, -0.25) is 0 Å². The summed E-state index contributed by atoms with van der Waals surface area (Å²) in [5, 5.41) is 9.61. The smallest absolute Gasteiger partial charge is 0.335 e. The van der Waals surface area contributed by atoms with E-state index in [9.17, 15) is 4.79 Å². The summed E-state index contributed by atoms with van der Waals surface area (Å²) < 4.78 is 5.15. The number of carbonyl (C=O) groups is 1. The first-order valence-corrected chi connectivity index (χ1v) is 6.62. The molecule has 5 heteroatoms. The van der Waals surface area contributed by atoms with Gasteiger partial charge in [-0.2, -0.15) is 0 Å². The van der Waals surface area contributed by atoms with Gasteiger partial charge in [-0.1, -0.05) is 12.1 Å². The Morgan fingerprint density at radius 3 is 2.95 bits per heavy atom. The van der Waals surface area contributed by atoms with Gasteiger partial charge in [0.25, 0.3) is 0 Å². The maximum Gasteiger partial charge on any atom is 0.335 e. The van der Waals surface area contributed by atoms with Crippen molar-refractivity contribution in [2.75, 3.05) is 7.11 Å². The van der Waals surface area contributed by atoms with Crippen LogP contribution in [0.25, 0.3) is 0 Å². The van der Waals surface area contributed by atoms with E-state index in [0.717, 1.165) is 11.3 Å².